The van der Waals surface area contributed by atoms with Gasteiger partial charge in [-0.15, -0.1) is 0 Å². The number of benzene rings is 1. The largest absolute Gasteiger partial charge is 0.495 e. The highest BCUT2D eigenvalue weighted by Gasteiger charge is 2.09. The molecular weight excluding hydrogens is 331 g/mol. The molecule has 0 radical (unpaired) electrons. The van der Waals surface area contributed by atoms with Gasteiger partial charge >= 0.3 is 0 Å². The Morgan fingerprint density at radius 2 is 2.00 bits per heavy atom. The van der Waals surface area contributed by atoms with E-state index in [1.807, 2.05) is 37.2 Å². The molecular formula is C12H17IN2O2. The first kappa shape index (κ1) is 14.1. The van der Waals surface area contributed by atoms with E-state index >= 15 is 0 Å². The van der Waals surface area contributed by atoms with Crippen molar-refractivity contribution in [1.82, 2.24) is 4.90 Å². The van der Waals surface area contributed by atoms with Crippen LogP contribution in [0, 0.1) is 0 Å². The van der Waals surface area contributed by atoms with E-state index in [-0.39, 0.29) is 3.91 Å². The van der Waals surface area contributed by atoms with Crippen molar-refractivity contribution in [1.29, 1.82) is 0 Å². The lowest BCUT2D eigenvalue weighted by molar-refractivity contribution is 0.234. The molecule has 0 atom stereocenters. The van der Waals surface area contributed by atoms with Crippen LogP contribution in [0.4, 0.5) is 10.5 Å². The van der Waals surface area contributed by atoms with Gasteiger partial charge in [0.15, 0.2) is 0 Å². The maximum absolute atomic E-state index is 11.2. The highest BCUT2D eigenvalue weighted by Crippen LogP contribution is 2.28. The first-order valence-corrected chi connectivity index (χ1v) is 6.28. The number of methoxy groups -OCH3 is 1. The average Bonchev–Trinajstić information content (AvgIpc) is 2.28. The predicted molar refractivity (Wildman–Crippen MR) is 78.2 cm³/mol. The van der Waals surface area contributed by atoms with Crippen LogP contribution in [0.25, 0.3) is 0 Å². The third-order valence-electron chi connectivity index (χ3n) is 2.45. The average molecular weight is 348 g/mol. The van der Waals surface area contributed by atoms with Crippen molar-refractivity contribution < 1.29 is 9.53 Å². The van der Waals surface area contributed by atoms with Gasteiger partial charge in [0, 0.05) is 50.3 Å². The van der Waals surface area contributed by atoms with Crippen molar-refractivity contribution in [2.45, 2.75) is 6.54 Å². The molecule has 0 saturated heterocycles. The standard InChI is InChI=1S/C12H17IN2O2/c1-14(2)10-6-5-9(7-11(10)17-4)8-15(3)12(13)16/h5-7H,8H2,1-4H3. The predicted octanol–water partition coefficient (Wildman–Crippen LogP) is 2.75. The lowest BCUT2D eigenvalue weighted by Crippen LogP contribution is -2.19. The summed E-state index contributed by atoms with van der Waals surface area (Å²) in [6, 6.07) is 5.97. The maximum Gasteiger partial charge on any atom is 0.283 e. The highest BCUT2D eigenvalue weighted by molar-refractivity contribution is 14.1. The van der Waals surface area contributed by atoms with Gasteiger partial charge in [0.05, 0.1) is 12.8 Å². The molecule has 1 rings (SSSR count). The Labute approximate surface area is 116 Å². The quantitative estimate of drug-likeness (QED) is 0.477. The lowest BCUT2D eigenvalue weighted by Gasteiger charge is -2.19. The Morgan fingerprint density at radius 1 is 1.35 bits per heavy atom. The van der Waals surface area contributed by atoms with Gasteiger partial charge in [-0.25, -0.2) is 0 Å². The number of hydrogen-bond donors (Lipinski definition) is 0. The van der Waals surface area contributed by atoms with Crippen molar-refractivity contribution in [2.24, 2.45) is 0 Å². The minimum atomic E-state index is 0.0262. The van der Waals surface area contributed by atoms with Crippen LogP contribution < -0.4 is 9.64 Å². The summed E-state index contributed by atoms with van der Waals surface area (Å²) in [5.74, 6) is 0.821. The molecule has 0 aliphatic heterocycles. The van der Waals surface area contributed by atoms with Gasteiger partial charge in [0.2, 0.25) is 0 Å². The van der Waals surface area contributed by atoms with E-state index < -0.39 is 0 Å². The first-order valence-electron chi connectivity index (χ1n) is 5.20. The summed E-state index contributed by atoms with van der Waals surface area (Å²) in [6.07, 6.45) is 0. The van der Waals surface area contributed by atoms with Crippen LogP contribution in [-0.2, 0) is 6.54 Å². The summed E-state index contributed by atoms with van der Waals surface area (Å²) in [7, 11) is 7.37. The molecule has 5 heteroatoms. The number of amides is 1. The number of carbonyl (C=O) groups is 1. The molecule has 1 aromatic carbocycles. The molecule has 0 fully saturated rings. The molecule has 0 aromatic heterocycles. The van der Waals surface area contributed by atoms with Crippen LogP contribution in [0.2, 0.25) is 0 Å². The molecule has 4 nitrogen and oxygen atoms in total. The Bertz CT molecular complexity index is 407. The maximum atomic E-state index is 11.2. The SMILES string of the molecule is COc1cc(CN(C)C(=O)I)ccc1N(C)C. The van der Waals surface area contributed by atoms with Crippen molar-refractivity contribution in [3.8, 4) is 5.75 Å². The fourth-order valence-corrected chi connectivity index (χ4v) is 1.70. The topological polar surface area (TPSA) is 32.8 Å². The molecule has 17 heavy (non-hydrogen) atoms. The zero-order valence-electron chi connectivity index (χ0n) is 10.5. The Kier molecular flexibility index (Phi) is 5.04. The highest BCUT2D eigenvalue weighted by atomic mass is 127. The Morgan fingerprint density at radius 3 is 2.47 bits per heavy atom. The number of ether oxygens (including phenoxy) is 1. The van der Waals surface area contributed by atoms with E-state index in [2.05, 4.69) is 0 Å². The summed E-state index contributed by atoms with van der Waals surface area (Å²) in [5, 5.41) is 0. The summed E-state index contributed by atoms with van der Waals surface area (Å²) >= 11 is 1.78. The molecule has 94 valence electrons. The number of anilines is 1. The number of rotatable bonds is 4. The van der Waals surface area contributed by atoms with E-state index in [4.69, 9.17) is 4.74 Å². The molecule has 0 spiro atoms. The number of hydrogen-bond acceptors (Lipinski definition) is 3. The van der Waals surface area contributed by atoms with Gasteiger partial charge in [-0.2, -0.15) is 0 Å². The van der Waals surface area contributed by atoms with Crippen molar-refractivity contribution in [3.63, 3.8) is 0 Å². The molecule has 0 aliphatic rings. The van der Waals surface area contributed by atoms with Crippen LogP contribution in [0.5, 0.6) is 5.75 Å². The molecule has 0 bridgehead atoms. The van der Waals surface area contributed by atoms with Gasteiger partial charge in [-0.1, -0.05) is 6.07 Å². The zero-order valence-corrected chi connectivity index (χ0v) is 12.7. The summed E-state index contributed by atoms with van der Waals surface area (Å²) < 4.78 is 5.37. The van der Waals surface area contributed by atoms with Crippen LogP contribution >= 0.6 is 22.6 Å². The molecule has 0 N–H and O–H groups in total. The minimum absolute atomic E-state index is 0.0262. The number of halogens is 1. The second-order valence-electron chi connectivity index (χ2n) is 4.01. The summed E-state index contributed by atoms with van der Waals surface area (Å²) in [5.41, 5.74) is 2.08. The van der Waals surface area contributed by atoms with Crippen LogP contribution in [0.3, 0.4) is 0 Å². The minimum Gasteiger partial charge on any atom is -0.495 e. The van der Waals surface area contributed by atoms with Gasteiger partial charge in [-0.3, -0.25) is 4.79 Å². The van der Waals surface area contributed by atoms with Crippen LogP contribution in [0.1, 0.15) is 5.56 Å². The first-order chi connectivity index (χ1) is 7.95. The van der Waals surface area contributed by atoms with Gasteiger partial charge in [0.25, 0.3) is 3.91 Å². The van der Waals surface area contributed by atoms with E-state index in [0.29, 0.717) is 6.54 Å². The van der Waals surface area contributed by atoms with Gasteiger partial charge in [0.1, 0.15) is 5.75 Å². The summed E-state index contributed by atoms with van der Waals surface area (Å²) in [6.45, 7) is 0.589. The normalized spacial score (nSPS) is 9.94. The van der Waals surface area contributed by atoms with Crippen molar-refractivity contribution >= 4 is 32.2 Å². The fourth-order valence-electron chi connectivity index (χ4n) is 1.53. The molecule has 0 unspecified atom stereocenters. The number of carbonyl (C=O) groups excluding carboxylic acids is 1. The second kappa shape index (κ2) is 6.09. The third kappa shape index (κ3) is 3.76. The van der Waals surface area contributed by atoms with Crippen molar-refractivity contribution in [2.75, 3.05) is 33.2 Å². The van der Waals surface area contributed by atoms with E-state index in [0.717, 1.165) is 17.0 Å². The van der Waals surface area contributed by atoms with E-state index in [1.54, 1.807) is 41.6 Å². The van der Waals surface area contributed by atoms with Crippen LogP contribution in [-0.4, -0.2) is 37.1 Å². The third-order valence-corrected chi connectivity index (χ3v) is 3.27. The molecule has 1 amide bonds. The smallest absolute Gasteiger partial charge is 0.283 e. The fraction of sp³-hybridized carbons (Fsp3) is 0.417. The molecule has 1 aromatic rings. The lowest BCUT2D eigenvalue weighted by atomic mass is 10.1. The molecule has 0 heterocycles. The second-order valence-corrected chi connectivity index (χ2v) is 4.93. The van der Waals surface area contributed by atoms with E-state index in [9.17, 15) is 4.79 Å². The van der Waals surface area contributed by atoms with Crippen molar-refractivity contribution in [3.05, 3.63) is 23.8 Å². The van der Waals surface area contributed by atoms with Gasteiger partial charge in [-0.05, 0) is 17.7 Å². The zero-order chi connectivity index (χ0) is 13.0. The molecule has 0 aliphatic carbocycles. The summed E-state index contributed by atoms with van der Waals surface area (Å²) in [4.78, 5) is 14.8. The van der Waals surface area contributed by atoms with Gasteiger partial charge < -0.3 is 14.5 Å². The monoisotopic (exact) mass is 348 g/mol. The number of nitrogens with zero attached hydrogens (tertiary/aromatic N) is 2. The van der Waals surface area contributed by atoms with Crippen LogP contribution in [0.15, 0.2) is 18.2 Å². The molecule has 0 saturated carbocycles. The van der Waals surface area contributed by atoms with E-state index in [1.165, 1.54) is 0 Å². The Balaban J connectivity index is 2.93. The Hall–Kier alpha value is -0.980.